The number of amides is 4. The molecule has 0 aliphatic carbocycles. The van der Waals surface area contributed by atoms with Crippen molar-refractivity contribution in [3.63, 3.8) is 0 Å². The lowest BCUT2D eigenvalue weighted by atomic mass is 9.86. The molecule has 12 nitrogen and oxygen atoms in total. The number of rotatable bonds is 11. The molecule has 1 aromatic heterocycles. The summed E-state index contributed by atoms with van der Waals surface area (Å²) in [4.78, 5) is 57.3. The number of alkyl carbamates (subject to hydrolysis) is 1. The number of pyridine rings is 1. The Bertz CT molecular complexity index is 1710. The van der Waals surface area contributed by atoms with E-state index in [9.17, 15) is 24.3 Å². The van der Waals surface area contributed by atoms with Crippen LogP contribution in [0.5, 0.6) is 0 Å². The van der Waals surface area contributed by atoms with Gasteiger partial charge in [-0.2, -0.15) is 0 Å². The summed E-state index contributed by atoms with van der Waals surface area (Å²) in [6.45, 7) is 10.1. The van der Waals surface area contributed by atoms with E-state index in [1.807, 2.05) is 107 Å². The van der Waals surface area contributed by atoms with E-state index in [4.69, 9.17) is 4.74 Å². The maximum atomic E-state index is 14.0. The van der Waals surface area contributed by atoms with Gasteiger partial charge in [-0.05, 0) is 64.5 Å². The molecular weight excluding hydrogens is 672 g/mol. The third-order valence-corrected chi connectivity index (χ3v) is 9.28. The highest BCUT2D eigenvalue weighted by Crippen LogP contribution is 2.24. The van der Waals surface area contributed by atoms with Crippen LogP contribution in [0.3, 0.4) is 0 Å². The number of nitrogens with one attached hydrogen (secondary N) is 4. The molecule has 2 aromatic carbocycles. The molecule has 12 heteroatoms. The molecule has 3 atom stereocenters. The van der Waals surface area contributed by atoms with Gasteiger partial charge in [-0.3, -0.25) is 24.8 Å². The molecule has 4 amide bonds. The molecule has 3 heterocycles. The monoisotopic (exact) mass is 726 g/mol. The summed E-state index contributed by atoms with van der Waals surface area (Å²) in [6, 6.07) is 17.7. The van der Waals surface area contributed by atoms with Crippen LogP contribution in [0.25, 0.3) is 11.1 Å². The minimum Gasteiger partial charge on any atom is -0.453 e. The Labute approximate surface area is 312 Å². The average molecular weight is 727 g/mol. The number of methoxy groups -OCH3 is 1. The minimum atomic E-state index is -1.87. The van der Waals surface area contributed by atoms with Crippen molar-refractivity contribution in [2.45, 2.75) is 84.5 Å². The molecule has 0 spiro atoms. The summed E-state index contributed by atoms with van der Waals surface area (Å²) in [7, 11) is 1.24. The summed E-state index contributed by atoms with van der Waals surface area (Å²) in [6.07, 6.45) is 7.69. The van der Waals surface area contributed by atoms with Gasteiger partial charge in [-0.1, -0.05) is 101 Å². The number of allylic oxidation sites excluding steroid dienone is 1. The van der Waals surface area contributed by atoms with Gasteiger partial charge in [0.1, 0.15) is 17.7 Å². The number of ether oxygens (including phenoxy) is 1. The normalized spacial score (nSPS) is 19.4. The molecule has 0 saturated heterocycles. The van der Waals surface area contributed by atoms with E-state index in [1.54, 1.807) is 17.4 Å². The number of hydrogen-bond acceptors (Lipinski definition) is 8. The number of carbonyl (C=O) groups excluding carboxylic acids is 4. The Hall–Kier alpha value is -5.07. The molecule has 284 valence electrons. The Morgan fingerprint density at radius 2 is 1.72 bits per heavy atom. The number of nitrogens with zero attached hydrogens (tertiary/aromatic N) is 2. The van der Waals surface area contributed by atoms with E-state index in [0.717, 1.165) is 27.8 Å². The van der Waals surface area contributed by atoms with E-state index < -0.39 is 41.0 Å². The number of aromatic nitrogens is 1. The molecule has 5 N–H and O–H groups in total. The van der Waals surface area contributed by atoms with Gasteiger partial charge < -0.3 is 25.8 Å². The standard InChI is InChI=1S/C41H54N6O6/c1-28(2)34-36(48)43-23-8-7-11-29-13-15-30(16-14-29)25-41(52,38(50)44-34)21-10-24-47(46-37(49)35(40(3,4)5)45-39(51)53-6)27-31-17-19-32(20-18-31)33-12-9-22-42-26-33/h7-9,12-20,22,26,28,34-35,52H,10-11,21,23-25,27H2,1-6H3,(H,43,48)(H,44,50)(H,45,51)(H,46,49)/b8-7-/t34-,35+,41+/m0/s1. The maximum Gasteiger partial charge on any atom is 0.407 e. The molecule has 3 aromatic rings. The lowest BCUT2D eigenvalue weighted by Gasteiger charge is -2.34. The van der Waals surface area contributed by atoms with Crippen molar-refractivity contribution >= 4 is 23.8 Å². The molecule has 5 rings (SSSR count). The number of fused-ring (bicyclic) bond motifs is 11. The molecule has 0 radical (unpaired) electrons. The lowest BCUT2D eigenvalue weighted by Crippen LogP contribution is -2.58. The average Bonchev–Trinajstić information content (AvgIpc) is 3.13. The fourth-order valence-corrected chi connectivity index (χ4v) is 6.16. The second kappa shape index (κ2) is 18.6. The second-order valence-corrected chi connectivity index (χ2v) is 15.0. The highest BCUT2D eigenvalue weighted by molar-refractivity contribution is 5.91. The van der Waals surface area contributed by atoms with E-state index in [2.05, 4.69) is 26.4 Å². The third kappa shape index (κ3) is 12.0. The zero-order chi connectivity index (χ0) is 38.6. The van der Waals surface area contributed by atoms with Crippen LogP contribution >= 0.6 is 0 Å². The molecule has 2 aliphatic heterocycles. The van der Waals surface area contributed by atoms with Gasteiger partial charge in [0.25, 0.3) is 11.8 Å². The van der Waals surface area contributed by atoms with Crippen LogP contribution in [-0.4, -0.2) is 76.8 Å². The highest BCUT2D eigenvalue weighted by Gasteiger charge is 2.39. The van der Waals surface area contributed by atoms with Crippen LogP contribution in [-0.2, 0) is 38.5 Å². The molecule has 0 saturated carbocycles. The van der Waals surface area contributed by atoms with E-state index in [1.165, 1.54) is 7.11 Å². The van der Waals surface area contributed by atoms with Gasteiger partial charge >= 0.3 is 6.09 Å². The van der Waals surface area contributed by atoms with Crippen LogP contribution in [0, 0.1) is 11.3 Å². The van der Waals surface area contributed by atoms with Crippen molar-refractivity contribution in [3.05, 3.63) is 102 Å². The lowest BCUT2D eigenvalue weighted by molar-refractivity contribution is -0.144. The first kappa shape index (κ1) is 40.7. The first-order chi connectivity index (χ1) is 25.2. The zero-order valence-corrected chi connectivity index (χ0v) is 31.6. The fraction of sp³-hybridized carbons (Fsp3) is 0.439. The van der Waals surface area contributed by atoms with Crippen molar-refractivity contribution in [1.29, 1.82) is 0 Å². The number of hydrogen-bond donors (Lipinski definition) is 5. The summed E-state index contributed by atoms with van der Waals surface area (Å²) < 4.78 is 4.79. The molecular formula is C41H54N6O6. The maximum absolute atomic E-state index is 14.0. The topological polar surface area (TPSA) is 162 Å². The van der Waals surface area contributed by atoms with Crippen molar-refractivity contribution in [2.24, 2.45) is 11.3 Å². The van der Waals surface area contributed by atoms with Crippen LogP contribution in [0.1, 0.15) is 64.2 Å². The quantitative estimate of drug-likeness (QED) is 0.143. The Kier molecular flexibility index (Phi) is 14.3. The predicted molar refractivity (Wildman–Crippen MR) is 204 cm³/mol. The molecule has 53 heavy (non-hydrogen) atoms. The van der Waals surface area contributed by atoms with Crippen molar-refractivity contribution in [1.82, 2.24) is 31.4 Å². The second-order valence-electron chi connectivity index (χ2n) is 15.0. The van der Waals surface area contributed by atoms with Gasteiger partial charge in [0.15, 0.2) is 0 Å². The van der Waals surface area contributed by atoms with Crippen LogP contribution in [0.4, 0.5) is 4.79 Å². The highest BCUT2D eigenvalue weighted by atomic mass is 16.5. The third-order valence-electron chi connectivity index (χ3n) is 9.28. The number of aliphatic hydroxyl groups is 1. The SMILES string of the molecule is COC(=O)N[C@H](C(=O)NN(CCC[C@@]1(O)Cc2ccc(cc2)C/C=C\CNC(=O)[C@H](C(C)C)NC1=O)Cc1ccc(-c2cccnc2)cc1)C(C)(C)C. The van der Waals surface area contributed by atoms with Crippen molar-refractivity contribution in [2.75, 3.05) is 20.2 Å². The summed E-state index contributed by atoms with van der Waals surface area (Å²) in [5, 5.41) is 22.2. The zero-order valence-electron chi connectivity index (χ0n) is 31.6. The first-order valence-electron chi connectivity index (χ1n) is 18.1. The van der Waals surface area contributed by atoms with Gasteiger partial charge in [0.05, 0.1) is 7.11 Å². The van der Waals surface area contributed by atoms with Gasteiger partial charge in [0, 0.05) is 38.4 Å². The largest absolute Gasteiger partial charge is 0.453 e. The summed E-state index contributed by atoms with van der Waals surface area (Å²) in [5.41, 5.74) is 5.16. The first-order valence-corrected chi connectivity index (χ1v) is 18.1. The van der Waals surface area contributed by atoms with E-state index in [-0.39, 0.29) is 31.2 Å². The molecule has 2 bridgehead atoms. The number of hydrazine groups is 1. The Balaban J connectivity index is 1.59. The van der Waals surface area contributed by atoms with Crippen LogP contribution in [0.15, 0.2) is 85.2 Å². The summed E-state index contributed by atoms with van der Waals surface area (Å²) in [5.74, 6) is -1.64. The van der Waals surface area contributed by atoms with Crippen molar-refractivity contribution in [3.8, 4) is 11.1 Å². The Morgan fingerprint density at radius 1 is 1.02 bits per heavy atom. The van der Waals surface area contributed by atoms with Gasteiger partial charge in [-0.25, -0.2) is 9.80 Å². The van der Waals surface area contributed by atoms with E-state index >= 15 is 0 Å². The number of carbonyl (C=O) groups is 4. The van der Waals surface area contributed by atoms with E-state index in [0.29, 0.717) is 25.9 Å². The smallest absolute Gasteiger partial charge is 0.407 e. The predicted octanol–water partition coefficient (Wildman–Crippen LogP) is 4.48. The van der Waals surface area contributed by atoms with Crippen molar-refractivity contribution < 1.29 is 29.0 Å². The molecule has 2 aliphatic rings. The number of benzene rings is 2. The van der Waals surface area contributed by atoms with Gasteiger partial charge in [-0.15, -0.1) is 0 Å². The van der Waals surface area contributed by atoms with Crippen LogP contribution in [0.2, 0.25) is 0 Å². The minimum absolute atomic E-state index is 0.0265. The summed E-state index contributed by atoms with van der Waals surface area (Å²) >= 11 is 0. The van der Waals surface area contributed by atoms with Crippen LogP contribution < -0.4 is 21.4 Å². The Morgan fingerprint density at radius 3 is 2.34 bits per heavy atom. The molecule has 0 unspecified atom stereocenters. The van der Waals surface area contributed by atoms with Gasteiger partial charge in [0.2, 0.25) is 5.91 Å². The fourth-order valence-electron chi connectivity index (χ4n) is 6.16. The molecule has 0 fully saturated rings.